The van der Waals surface area contributed by atoms with Gasteiger partial charge in [-0.05, 0) is 38.9 Å². The van der Waals surface area contributed by atoms with Crippen LogP contribution in [0.3, 0.4) is 0 Å². The Morgan fingerprint density at radius 1 is 1.43 bits per heavy atom. The number of piperidine rings is 1. The van der Waals surface area contributed by atoms with Gasteiger partial charge in [0.15, 0.2) is 0 Å². The Kier molecular flexibility index (Phi) is 4.95. The Morgan fingerprint density at radius 3 is 2.62 bits per heavy atom. The number of nitrogens with one attached hydrogen (secondary N) is 1. The molecule has 0 unspecified atom stereocenters. The molecule has 1 aliphatic heterocycles. The maximum absolute atomic E-state index is 12.2. The summed E-state index contributed by atoms with van der Waals surface area (Å²) >= 11 is 0. The Bertz CT molecular complexity index is 517. The minimum absolute atomic E-state index is 0.0171. The molecule has 1 saturated heterocycles. The van der Waals surface area contributed by atoms with Crippen LogP contribution in [-0.2, 0) is 23.2 Å². The van der Waals surface area contributed by atoms with E-state index in [9.17, 15) is 9.59 Å². The van der Waals surface area contributed by atoms with Gasteiger partial charge in [0.1, 0.15) is 0 Å². The van der Waals surface area contributed by atoms with Crippen molar-refractivity contribution in [2.45, 2.75) is 26.3 Å². The maximum Gasteiger partial charge on any atom is 0.231 e. The zero-order chi connectivity index (χ0) is 15.4. The Balaban J connectivity index is 1.77. The molecule has 0 bridgehead atoms. The topological polar surface area (TPSA) is 93.3 Å². The standard InChI is InChI=1S/C14H23N5O2/c1-10-7-12(18(2)17-10)8-16-14(21)11-3-5-19(6-4-11)9-13(15)20/h7,11H,3-6,8-9H2,1-2H3,(H2,15,20)(H,16,21). The van der Waals surface area contributed by atoms with E-state index in [4.69, 9.17) is 5.73 Å². The van der Waals surface area contributed by atoms with Gasteiger partial charge in [-0.1, -0.05) is 0 Å². The van der Waals surface area contributed by atoms with Crippen molar-refractivity contribution in [2.24, 2.45) is 18.7 Å². The van der Waals surface area contributed by atoms with Crippen LogP contribution in [0.15, 0.2) is 6.07 Å². The van der Waals surface area contributed by atoms with Crippen LogP contribution in [0.1, 0.15) is 24.2 Å². The highest BCUT2D eigenvalue weighted by atomic mass is 16.2. The van der Waals surface area contributed by atoms with Crippen molar-refractivity contribution >= 4 is 11.8 Å². The number of primary amides is 1. The number of nitrogens with two attached hydrogens (primary N) is 1. The van der Waals surface area contributed by atoms with Crippen LogP contribution in [0.25, 0.3) is 0 Å². The van der Waals surface area contributed by atoms with Gasteiger partial charge in [0.2, 0.25) is 11.8 Å². The van der Waals surface area contributed by atoms with Crippen LogP contribution < -0.4 is 11.1 Å². The largest absolute Gasteiger partial charge is 0.369 e. The highest BCUT2D eigenvalue weighted by Crippen LogP contribution is 2.17. The van der Waals surface area contributed by atoms with E-state index in [1.807, 2.05) is 24.9 Å². The molecule has 7 nitrogen and oxygen atoms in total. The third kappa shape index (κ3) is 4.29. The molecule has 1 aliphatic rings. The highest BCUT2D eigenvalue weighted by Gasteiger charge is 2.25. The lowest BCUT2D eigenvalue weighted by molar-refractivity contribution is -0.126. The molecule has 0 aromatic carbocycles. The van der Waals surface area contributed by atoms with Gasteiger partial charge in [0.25, 0.3) is 0 Å². The number of nitrogens with zero attached hydrogens (tertiary/aromatic N) is 3. The zero-order valence-electron chi connectivity index (χ0n) is 12.6. The van der Waals surface area contributed by atoms with Gasteiger partial charge in [0.05, 0.1) is 24.5 Å². The summed E-state index contributed by atoms with van der Waals surface area (Å²) in [6.45, 7) is 4.19. The SMILES string of the molecule is Cc1cc(CNC(=O)C2CCN(CC(N)=O)CC2)n(C)n1. The molecule has 0 saturated carbocycles. The quantitative estimate of drug-likeness (QED) is 0.768. The van der Waals surface area contributed by atoms with Gasteiger partial charge >= 0.3 is 0 Å². The van der Waals surface area contributed by atoms with Crippen LogP contribution in [0.5, 0.6) is 0 Å². The van der Waals surface area contributed by atoms with Crippen molar-refractivity contribution in [1.29, 1.82) is 0 Å². The van der Waals surface area contributed by atoms with E-state index >= 15 is 0 Å². The van der Waals surface area contributed by atoms with Crippen molar-refractivity contribution in [3.63, 3.8) is 0 Å². The van der Waals surface area contributed by atoms with E-state index in [0.29, 0.717) is 6.54 Å². The van der Waals surface area contributed by atoms with Gasteiger partial charge in [-0.2, -0.15) is 5.10 Å². The zero-order valence-corrected chi connectivity index (χ0v) is 12.6. The summed E-state index contributed by atoms with van der Waals surface area (Å²) in [5, 5.41) is 7.22. The van der Waals surface area contributed by atoms with Crippen LogP contribution in [-0.4, -0.2) is 46.1 Å². The molecular weight excluding hydrogens is 270 g/mol. The van der Waals surface area contributed by atoms with Crippen molar-refractivity contribution in [1.82, 2.24) is 20.0 Å². The lowest BCUT2D eigenvalue weighted by Crippen LogP contribution is -2.43. The van der Waals surface area contributed by atoms with Gasteiger partial charge in [-0.3, -0.25) is 19.2 Å². The van der Waals surface area contributed by atoms with E-state index in [2.05, 4.69) is 10.4 Å². The fraction of sp³-hybridized carbons (Fsp3) is 0.643. The molecular formula is C14H23N5O2. The second-order valence-corrected chi connectivity index (χ2v) is 5.64. The van der Waals surface area contributed by atoms with Gasteiger partial charge in [0, 0.05) is 13.0 Å². The van der Waals surface area contributed by atoms with Gasteiger partial charge < -0.3 is 11.1 Å². The first-order valence-corrected chi connectivity index (χ1v) is 7.23. The van der Waals surface area contributed by atoms with Gasteiger partial charge in [-0.15, -0.1) is 0 Å². The molecule has 0 spiro atoms. The van der Waals surface area contributed by atoms with Crippen molar-refractivity contribution in [3.05, 3.63) is 17.5 Å². The molecule has 116 valence electrons. The summed E-state index contributed by atoms with van der Waals surface area (Å²) in [6.07, 6.45) is 1.53. The normalized spacial score (nSPS) is 16.9. The molecule has 7 heteroatoms. The monoisotopic (exact) mass is 293 g/mol. The second kappa shape index (κ2) is 6.71. The summed E-state index contributed by atoms with van der Waals surface area (Å²) in [5.74, 6) is -0.222. The Morgan fingerprint density at radius 2 is 2.10 bits per heavy atom. The summed E-state index contributed by atoms with van der Waals surface area (Å²) in [5.41, 5.74) is 7.12. The lowest BCUT2D eigenvalue weighted by atomic mass is 9.96. The lowest BCUT2D eigenvalue weighted by Gasteiger charge is -2.30. The predicted molar refractivity (Wildman–Crippen MR) is 78.2 cm³/mol. The second-order valence-electron chi connectivity index (χ2n) is 5.64. The number of amides is 2. The molecule has 21 heavy (non-hydrogen) atoms. The summed E-state index contributed by atoms with van der Waals surface area (Å²) in [7, 11) is 1.87. The fourth-order valence-corrected chi connectivity index (χ4v) is 2.73. The molecule has 2 rings (SSSR count). The molecule has 1 aromatic heterocycles. The first-order chi connectivity index (χ1) is 9.95. The first-order valence-electron chi connectivity index (χ1n) is 7.23. The molecule has 0 aliphatic carbocycles. The van der Waals surface area contributed by atoms with E-state index in [1.54, 1.807) is 4.68 Å². The smallest absolute Gasteiger partial charge is 0.231 e. The molecule has 0 radical (unpaired) electrons. The number of aryl methyl sites for hydroxylation is 2. The minimum Gasteiger partial charge on any atom is -0.369 e. The van der Waals surface area contributed by atoms with E-state index in [1.165, 1.54) is 0 Å². The van der Waals surface area contributed by atoms with Crippen molar-refractivity contribution in [3.8, 4) is 0 Å². The summed E-state index contributed by atoms with van der Waals surface area (Å²) in [6, 6.07) is 1.97. The fourth-order valence-electron chi connectivity index (χ4n) is 2.73. The number of likely N-dealkylation sites (tertiary alicyclic amines) is 1. The van der Waals surface area contributed by atoms with E-state index in [0.717, 1.165) is 37.3 Å². The maximum atomic E-state index is 12.2. The van der Waals surface area contributed by atoms with Crippen LogP contribution in [0.4, 0.5) is 0 Å². The average molecular weight is 293 g/mol. The number of hydrogen-bond acceptors (Lipinski definition) is 4. The first kappa shape index (κ1) is 15.5. The van der Waals surface area contributed by atoms with E-state index < -0.39 is 0 Å². The molecule has 2 heterocycles. The van der Waals surface area contributed by atoms with Crippen molar-refractivity contribution < 1.29 is 9.59 Å². The summed E-state index contributed by atoms with van der Waals surface area (Å²) in [4.78, 5) is 25.0. The molecule has 2 amide bonds. The number of carbonyl (C=O) groups is 2. The Hall–Kier alpha value is -1.89. The van der Waals surface area contributed by atoms with Crippen LogP contribution in [0.2, 0.25) is 0 Å². The molecule has 1 aromatic rings. The Labute approximate surface area is 124 Å². The number of carbonyl (C=O) groups excluding carboxylic acids is 2. The van der Waals surface area contributed by atoms with E-state index in [-0.39, 0.29) is 24.3 Å². The number of hydrogen-bond donors (Lipinski definition) is 2. The third-order valence-corrected chi connectivity index (χ3v) is 3.88. The summed E-state index contributed by atoms with van der Waals surface area (Å²) < 4.78 is 1.78. The third-order valence-electron chi connectivity index (χ3n) is 3.88. The predicted octanol–water partition coefficient (Wildman–Crippen LogP) is -0.458. The minimum atomic E-state index is -0.315. The van der Waals surface area contributed by atoms with Gasteiger partial charge in [-0.25, -0.2) is 0 Å². The van der Waals surface area contributed by atoms with Crippen molar-refractivity contribution in [2.75, 3.05) is 19.6 Å². The number of aromatic nitrogens is 2. The van der Waals surface area contributed by atoms with Crippen LogP contribution >= 0.6 is 0 Å². The average Bonchev–Trinajstić information content (AvgIpc) is 2.74. The van der Waals surface area contributed by atoms with Crippen LogP contribution in [0, 0.1) is 12.8 Å². The molecule has 0 atom stereocenters. The molecule has 1 fully saturated rings. The number of rotatable bonds is 5. The molecule has 3 N–H and O–H groups in total. The highest BCUT2D eigenvalue weighted by molar-refractivity contribution is 5.79.